The fourth-order valence-corrected chi connectivity index (χ4v) is 3.12. The molecular weight excluding hydrogens is 306 g/mol. The van der Waals surface area contributed by atoms with Crippen molar-refractivity contribution in [3.63, 3.8) is 0 Å². The lowest BCUT2D eigenvalue weighted by atomic mass is 10.3. The van der Waals surface area contributed by atoms with Crippen LogP contribution in [0.5, 0.6) is 0 Å². The number of carbonyl (C=O) groups excluding carboxylic acids is 1. The standard InChI is InChI=1S/C13H13N5OS2/c19-12(17-11-3-1-8-20-11)14-6-4-10-9-21-13(16-10)18-7-2-5-15-18/h1-3,5,7-9H,4,6H2,(H2,14,17,19). The highest BCUT2D eigenvalue weighted by molar-refractivity contribution is 7.14. The van der Waals surface area contributed by atoms with Crippen molar-refractivity contribution in [2.24, 2.45) is 0 Å². The van der Waals surface area contributed by atoms with Gasteiger partial charge in [0.05, 0.1) is 10.7 Å². The van der Waals surface area contributed by atoms with Gasteiger partial charge in [0.25, 0.3) is 0 Å². The van der Waals surface area contributed by atoms with Gasteiger partial charge in [-0.2, -0.15) is 5.10 Å². The van der Waals surface area contributed by atoms with Gasteiger partial charge in [-0.05, 0) is 23.6 Å². The van der Waals surface area contributed by atoms with Crippen molar-refractivity contribution in [3.05, 3.63) is 47.0 Å². The zero-order valence-electron chi connectivity index (χ0n) is 11.0. The van der Waals surface area contributed by atoms with E-state index in [1.807, 2.05) is 35.2 Å². The highest BCUT2D eigenvalue weighted by atomic mass is 32.1. The molecule has 8 heteroatoms. The molecule has 0 aliphatic heterocycles. The van der Waals surface area contributed by atoms with E-state index in [1.165, 1.54) is 22.7 Å². The molecule has 108 valence electrons. The summed E-state index contributed by atoms with van der Waals surface area (Å²) in [5.74, 6) is 0. The van der Waals surface area contributed by atoms with Crippen LogP contribution in [0.3, 0.4) is 0 Å². The second kappa shape index (κ2) is 6.51. The first-order valence-corrected chi connectivity index (χ1v) is 8.10. The molecule has 6 nitrogen and oxygen atoms in total. The smallest absolute Gasteiger partial charge is 0.319 e. The average molecular weight is 319 g/mol. The molecule has 0 aliphatic rings. The van der Waals surface area contributed by atoms with Crippen LogP contribution in [-0.2, 0) is 6.42 Å². The molecule has 0 atom stereocenters. The van der Waals surface area contributed by atoms with Crippen molar-refractivity contribution in [3.8, 4) is 5.13 Å². The minimum Gasteiger partial charge on any atom is -0.337 e. The number of rotatable bonds is 5. The van der Waals surface area contributed by atoms with Crippen LogP contribution in [0, 0.1) is 0 Å². The van der Waals surface area contributed by atoms with E-state index in [4.69, 9.17) is 0 Å². The van der Waals surface area contributed by atoms with Crippen LogP contribution in [0.1, 0.15) is 5.69 Å². The van der Waals surface area contributed by atoms with Crippen LogP contribution in [0.4, 0.5) is 9.80 Å². The van der Waals surface area contributed by atoms with Crippen LogP contribution in [0.2, 0.25) is 0 Å². The van der Waals surface area contributed by atoms with E-state index >= 15 is 0 Å². The van der Waals surface area contributed by atoms with Gasteiger partial charge >= 0.3 is 6.03 Å². The number of thiazole rings is 1. The minimum atomic E-state index is -0.194. The molecule has 21 heavy (non-hydrogen) atoms. The molecule has 0 radical (unpaired) electrons. The Kier molecular flexibility index (Phi) is 4.27. The highest BCUT2D eigenvalue weighted by Gasteiger charge is 2.05. The van der Waals surface area contributed by atoms with Gasteiger partial charge in [0.15, 0.2) is 0 Å². The first-order chi connectivity index (χ1) is 10.3. The van der Waals surface area contributed by atoms with E-state index in [2.05, 4.69) is 20.7 Å². The summed E-state index contributed by atoms with van der Waals surface area (Å²) in [7, 11) is 0. The molecule has 2 N–H and O–H groups in total. The quantitative estimate of drug-likeness (QED) is 0.759. The first-order valence-electron chi connectivity index (χ1n) is 6.34. The molecular formula is C13H13N5OS2. The first kappa shape index (κ1) is 13.8. The van der Waals surface area contributed by atoms with Crippen LogP contribution in [0.25, 0.3) is 5.13 Å². The summed E-state index contributed by atoms with van der Waals surface area (Å²) in [6.07, 6.45) is 4.27. The maximum atomic E-state index is 11.6. The molecule has 0 saturated heterocycles. The van der Waals surface area contributed by atoms with Crippen molar-refractivity contribution in [1.29, 1.82) is 0 Å². The third-order valence-corrected chi connectivity index (χ3v) is 4.33. The monoisotopic (exact) mass is 319 g/mol. The molecule has 3 aromatic heterocycles. The van der Waals surface area contributed by atoms with E-state index in [0.29, 0.717) is 13.0 Å². The summed E-state index contributed by atoms with van der Waals surface area (Å²) in [6, 6.07) is 5.42. The number of hydrogen-bond acceptors (Lipinski definition) is 5. The Morgan fingerprint density at radius 3 is 3.05 bits per heavy atom. The second-order valence-corrected chi connectivity index (χ2v) is 5.96. The largest absolute Gasteiger partial charge is 0.337 e. The third kappa shape index (κ3) is 3.67. The van der Waals surface area contributed by atoms with Crippen LogP contribution >= 0.6 is 22.7 Å². The lowest BCUT2D eigenvalue weighted by molar-refractivity contribution is 0.252. The van der Waals surface area contributed by atoms with E-state index in [1.54, 1.807) is 10.9 Å². The summed E-state index contributed by atoms with van der Waals surface area (Å²) >= 11 is 3.02. The molecule has 0 unspecified atom stereocenters. The van der Waals surface area contributed by atoms with Crippen molar-refractivity contribution >= 4 is 33.7 Å². The van der Waals surface area contributed by atoms with Gasteiger partial charge in [0, 0.05) is 30.7 Å². The predicted octanol–water partition coefficient (Wildman–Crippen LogP) is 2.75. The third-order valence-electron chi connectivity index (χ3n) is 2.66. The van der Waals surface area contributed by atoms with Crippen molar-refractivity contribution < 1.29 is 4.79 Å². The number of nitrogens with one attached hydrogen (secondary N) is 2. The molecule has 0 aromatic carbocycles. The van der Waals surface area contributed by atoms with Gasteiger partial charge in [-0.1, -0.05) is 0 Å². The fraction of sp³-hybridized carbons (Fsp3) is 0.154. The van der Waals surface area contributed by atoms with Gasteiger partial charge in [0.2, 0.25) is 5.13 Å². The maximum Gasteiger partial charge on any atom is 0.319 e. The Bertz CT molecular complexity index is 690. The lowest BCUT2D eigenvalue weighted by Crippen LogP contribution is -2.30. The number of hydrogen-bond donors (Lipinski definition) is 2. The number of urea groups is 1. The summed E-state index contributed by atoms with van der Waals surface area (Å²) in [6.45, 7) is 0.541. The molecule has 0 spiro atoms. The van der Waals surface area contributed by atoms with Crippen LogP contribution in [-0.4, -0.2) is 27.3 Å². The normalized spacial score (nSPS) is 10.5. The maximum absolute atomic E-state index is 11.6. The number of nitrogens with zero attached hydrogens (tertiary/aromatic N) is 3. The topological polar surface area (TPSA) is 71.8 Å². The summed E-state index contributed by atoms with van der Waals surface area (Å²) < 4.78 is 1.73. The van der Waals surface area contributed by atoms with E-state index in [0.717, 1.165) is 15.8 Å². The van der Waals surface area contributed by atoms with Crippen molar-refractivity contribution in [2.75, 3.05) is 11.9 Å². The molecule has 3 aromatic rings. The molecule has 0 saturated carbocycles. The van der Waals surface area contributed by atoms with Gasteiger partial charge < -0.3 is 5.32 Å². The Hall–Kier alpha value is -2.19. The minimum absolute atomic E-state index is 0.194. The second-order valence-electron chi connectivity index (χ2n) is 4.18. The molecule has 3 heterocycles. The molecule has 0 aliphatic carbocycles. The Labute approximate surface area is 129 Å². The molecule has 0 fully saturated rings. The van der Waals surface area contributed by atoms with Crippen LogP contribution in [0.15, 0.2) is 41.4 Å². The van der Waals surface area contributed by atoms with Gasteiger partial charge in [-0.3, -0.25) is 5.32 Å². The molecule has 3 rings (SSSR count). The number of anilines is 1. The highest BCUT2D eigenvalue weighted by Crippen LogP contribution is 2.15. The van der Waals surface area contributed by atoms with Gasteiger partial charge in [0.1, 0.15) is 0 Å². The summed E-state index contributed by atoms with van der Waals surface area (Å²) in [5, 5.41) is 15.3. The Morgan fingerprint density at radius 2 is 2.29 bits per heavy atom. The molecule has 2 amide bonds. The summed E-state index contributed by atoms with van der Waals surface area (Å²) in [4.78, 5) is 16.1. The van der Waals surface area contributed by atoms with Crippen molar-refractivity contribution in [2.45, 2.75) is 6.42 Å². The zero-order valence-corrected chi connectivity index (χ0v) is 12.7. The zero-order chi connectivity index (χ0) is 14.5. The van der Waals surface area contributed by atoms with Crippen molar-refractivity contribution in [1.82, 2.24) is 20.1 Å². The number of amides is 2. The van der Waals surface area contributed by atoms with Gasteiger partial charge in [-0.15, -0.1) is 22.7 Å². The summed E-state index contributed by atoms with van der Waals surface area (Å²) in [5.41, 5.74) is 0.946. The van der Waals surface area contributed by atoms with E-state index in [9.17, 15) is 4.79 Å². The van der Waals surface area contributed by atoms with E-state index in [-0.39, 0.29) is 6.03 Å². The Balaban J connectivity index is 1.46. The predicted molar refractivity (Wildman–Crippen MR) is 84.3 cm³/mol. The Morgan fingerprint density at radius 1 is 1.33 bits per heavy atom. The number of carbonyl (C=O) groups is 1. The fourth-order valence-electron chi connectivity index (χ4n) is 1.71. The average Bonchev–Trinajstić information content (AvgIpc) is 3.21. The number of aromatic nitrogens is 3. The van der Waals surface area contributed by atoms with Gasteiger partial charge in [-0.25, -0.2) is 14.5 Å². The van der Waals surface area contributed by atoms with E-state index < -0.39 is 0 Å². The SMILES string of the molecule is O=C(NCCc1csc(-n2cccn2)n1)Nc1cccs1. The van der Waals surface area contributed by atoms with Crippen LogP contribution < -0.4 is 10.6 Å². The lowest BCUT2D eigenvalue weighted by Gasteiger charge is -2.04. The molecule has 0 bridgehead atoms. The number of thiophene rings is 1.